The molecule has 1 atom stereocenters. The number of ether oxygens (including phenoxy) is 1. The van der Waals surface area contributed by atoms with E-state index in [9.17, 15) is 0 Å². The van der Waals surface area contributed by atoms with E-state index in [1.165, 1.54) is 48.2 Å². The summed E-state index contributed by atoms with van der Waals surface area (Å²) in [7, 11) is -3.22. The van der Waals surface area contributed by atoms with E-state index in [4.69, 9.17) is 9.72 Å². The number of rotatable bonds is 5. The van der Waals surface area contributed by atoms with Gasteiger partial charge in [0.25, 0.3) is 0 Å². The number of hydrogen-bond acceptors (Lipinski definition) is 2. The largest absolute Gasteiger partial charge is 0.458 e. The Kier molecular flexibility index (Phi) is 7.19. The number of benzene rings is 8. The number of para-hydroxylation sites is 3. The van der Waals surface area contributed by atoms with Crippen molar-refractivity contribution >= 4 is 61.5 Å². The summed E-state index contributed by atoms with van der Waals surface area (Å²) >= 11 is 0. The molecule has 0 N–H and O–H groups in total. The molecule has 0 saturated heterocycles. The summed E-state index contributed by atoms with van der Waals surface area (Å²) in [5, 5.41) is 9.63. The predicted octanol–water partition coefficient (Wildman–Crippen LogP) is 10.1. The molecular formula is C51H34N2OSi. The van der Waals surface area contributed by atoms with Crippen LogP contribution in [0.2, 0.25) is 0 Å². The third kappa shape index (κ3) is 4.78. The molecule has 0 saturated carbocycles. The molecule has 3 heterocycles. The van der Waals surface area contributed by atoms with Crippen LogP contribution < -0.4 is 25.6 Å². The smallest absolute Gasteiger partial charge is 0.210 e. The average molecular weight is 719 g/mol. The van der Waals surface area contributed by atoms with Gasteiger partial charge in [-0.2, -0.15) is 0 Å². The summed E-state index contributed by atoms with van der Waals surface area (Å²) in [6.07, 6.45) is 0. The molecular weight excluding hydrogens is 685 g/mol. The maximum atomic E-state index is 6.96. The quantitative estimate of drug-likeness (QED) is 0.166. The average Bonchev–Trinajstić information content (AvgIpc) is 3.60. The zero-order valence-corrected chi connectivity index (χ0v) is 30.9. The van der Waals surface area contributed by atoms with Crippen molar-refractivity contribution in [2.24, 2.45) is 0 Å². The lowest BCUT2D eigenvalue weighted by molar-refractivity contribution is 0.487. The van der Waals surface area contributed by atoms with Crippen LogP contribution in [0.1, 0.15) is 0 Å². The molecule has 2 aromatic heterocycles. The van der Waals surface area contributed by atoms with Gasteiger partial charge < -0.3 is 4.74 Å². The highest BCUT2D eigenvalue weighted by Crippen LogP contribution is 2.36. The molecule has 0 amide bonds. The van der Waals surface area contributed by atoms with Crippen LogP contribution in [0.5, 0.6) is 11.5 Å². The number of pyridine rings is 1. The van der Waals surface area contributed by atoms with E-state index >= 15 is 0 Å². The minimum Gasteiger partial charge on any atom is -0.458 e. The van der Waals surface area contributed by atoms with E-state index in [1.54, 1.807) is 0 Å². The fraction of sp³-hybridized carbons (Fsp3) is 0. The Bertz CT molecular complexity index is 3030. The molecule has 0 aliphatic carbocycles. The molecule has 1 unspecified atom stereocenters. The van der Waals surface area contributed by atoms with Crippen LogP contribution in [0.3, 0.4) is 0 Å². The van der Waals surface area contributed by atoms with E-state index < -0.39 is 8.07 Å². The molecule has 11 rings (SSSR count). The van der Waals surface area contributed by atoms with Gasteiger partial charge in [-0.05, 0) is 85.0 Å². The fourth-order valence-corrected chi connectivity index (χ4v) is 13.9. The van der Waals surface area contributed by atoms with E-state index in [2.05, 4.69) is 211 Å². The molecule has 0 bridgehead atoms. The van der Waals surface area contributed by atoms with Gasteiger partial charge in [-0.3, -0.25) is 4.57 Å². The lowest BCUT2D eigenvalue weighted by atomic mass is 9.98. The predicted molar refractivity (Wildman–Crippen MR) is 231 cm³/mol. The van der Waals surface area contributed by atoms with Crippen molar-refractivity contribution in [2.75, 3.05) is 0 Å². The van der Waals surface area contributed by atoms with Gasteiger partial charge in [-0.15, -0.1) is 0 Å². The van der Waals surface area contributed by atoms with Gasteiger partial charge in [-0.25, -0.2) is 4.98 Å². The van der Waals surface area contributed by atoms with Crippen molar-refractivity contribution in [2.45, 2.75) is 0 Å². The zero-order chi connectivity index (χ0) is 36.3. The van der Waals surface area contributed by atoms with Crippen LogP contribution in [0.15, 0.2) is 206 Å². The summed E-state index contributed by atoms with van der Waals surface area (Å²) in [5.41, 5.74) is 6.98. The first kappa shape index (κ1) is 31.5. The van der Waals surface area contributed by atoms with Gasteiger partial charge in [-0.1, -0.05) is 170 Å². The Morgan fingerprint density at radius 3 is 1.71 bits per heavy atom. The van der Waals surface area contributed by atoms with Crippen molar-refractivity contribution in [1.82, 2.24) is 9.55 Å². The Labute approximate surface area is 320 Å². The lowest BCUT2D eigenvalue weighted by Gasteiger charge is -2.39. The first-order chi connectivity index (χ1) is 27.3. The highest BCUT2D eigenvalue weighted by molar-refractivity contribution is 7.21. The Hall–Kier alpha value is -7.01. The van der Waals surface area contributed by atoms with Crippen LogP contribution in [-0.4, -0.2) is 17.6 Å². The Balaban J connectivity index is 1.26. The molecule has 0 fully saturated rings. The maximum absolute atomic E-state index is 6.96. The molecule has 55 heavy (non-hydrogen) atoms. The van der Waals surface area contributed by atoms with Crippen molar-refractivity contribution in [3.8, 4) is 39.6 Å². The van der Waals surface area contributed by atoms with Crippen LogP contribution in [0.4, 0.5) is 0 Å². The first-order valence-electron chi connectivity index (χ1n) is 18.8. The number of hydrogen-bond donors (Lipinski definition) is 0. The lowest BCUT2D eigenvalue weighted by Crippen LogP contribution is -2.77. The van der Waals surface area contributed by atoms with Gasteiger partial charge in [0.15, 0.2) is 0 Å². The first-order valence-corrected chi connectivity index (χ1v) is 20.8. The van der Waals surface area contributed by atoms with Crippen molar-refractivity contribution in [1.29, 1.82) is 0 Å². The summed E-state index contributed by atoms with van der Waals surface area (Å²) in [5.74, 6) is 2.66. The van der Waals surface area contributed by atoms with E-state index in [1.807, 2.05) is 0 Å². The molecule has 8 aromatic carbocycles. The minimum absolute atomic E-state index is 0.881. The van der Waals surface area contributed by atoms with Gasteiger partial charge in [0, 0.05) is 16.1 Å². The Morgan fingerprint density at radius 2 is 0.964 bits per heavy atom. The van der Waals surface area contributed by atoms with E-state index in [-0.39, 0.29) is 0 Å². The van der Waals surface area contributed by atoms with Gasteiger partial charge in [0.1, 0.15) is 17.3 Å². The second-order valence-electron chi connectivity index (χ2n) is 14.2. The summed E-state index contributed by atoms with van der Waals surface area (Å²) in [4.78, 5) is 5.82. The molecule has 0 spiro atoms. The Morgan fingerprint density at radius 1 is 0.382 bits per heavy atom. The highest BCUT2D eigenvalue weighted by Gasteiger charge is 2.50. The topological polar surface area (TPSA) is 27.1 Å². The van der Waals surface area contributed by atoms with Gasteiger partial charge in [0.2, 0.25) is 8.07 Å². The second-order valence-corrected chi connectivity index (χ2v) is 17.9. The number of fused-ring (bicyclic) bond motifs is 6. The highest BCUT2D eigenvalue weighted by atomic mass is 28.3. The molecule has 1 aliphatic rings. The molecule has 1 aliphatic heterocycles. The van der Waals surface area contributed by atoms with E-state index in [0.29, 0.717) is 0 Å². The third-order valence-electron chi connectivity index (χ3n) is 11.3. The van der Waals surface area contributed by atoms with Gasteiger partial charge in [0.05, 0.1) is 11.0 Å². The standard InChI is InChI=1S/C51H34N2OSi/c1-3-16-35(17-4-1)37-30-32-49-46(34-37)54-45-26-13-14-27-48(45)55(49,47-33-31-38(36-18-5-2-6-19-36)39-20-7-8-23-42(39)47)51-29-15-28-50(52-51)53-43-24-11-9-21-40(43)41-22-10-12-25-44(41)53/h1-34H. The minimum atomic E-state index is -3.22. The SMILES string of the molecule is c1ccc(-c2ccc3c(c2)Oc2ccccc2[Si]3(c2cccc(-n3c4ccccc4c4ccccc43)n2)c2ccc(-c3ccccc3)c3ccccc23)cc1. The molecule has 4 heteroatoms. The van der Waals surface area contributed by atoms with Crippen molar-refractivity contribution < 1.29 is 4.74 Å². The van der Waals surface area contributed by atoms with Crippen LogP contribution in [0.25, 0.3) is 60.6 Å². The maximum Gasteiger partial charge on any atom is 0.210 e. The molecule has 0 radical (unpaired) electrons. The monoisotopic (exact) mass is 718 g/mol. The summed E-state index contributed by atoms with van der Waals surface area (Å²) in [6, 6.07) is 74.4. The third-order valence-corrected chi connectivity index (χ3v) is 16.1. The number of aromatic nitrogens is 2. The van der Waals surface area contributed by atoms with Crippen LogP contribution in [-0.2, 0) is 0 Å². The second kappa shape index (κ2) is 12.5. The van der Waals surface area contributed by atoms with Crippen molar-refractivity contribution in [3.63, 3.8) is 0 Å². The summed E-state index contributed by atoms with van der Waals surface area (Å²) < 4.78 is 9.29. The van der Waals surface area contributed by atoms with Gasteiger partial charge >= 0.3 is 0 Å². The van der Waals surface area contributed by atoms with E-state index in [0.717, 1.165) is 44.8 Å². The molecule has 258 valence electrons. The van der Waals surface area contributed by atoms with Crippen LogP contribution in [0, 0.1) is 0 Å². The fourth-order valence-electron chi connectivity index (χ4n) is 8.98. The van der Waals surface area contributed by atoms with Crippen molar-refractivity contribution in [3.05, 3.63) is 206 Å². The zero-order valence-electron chi connectivity index (χ0n) is 29.9. The van der Waals surface area contributed by atoms with Crippen LogP contribution >= 0.6 is 0 Å². The number of nitrogens with zero attached hydrogens (tertiary/aromatic N) is 2. The normalized spacial score (nSPS) is 14.8. The molecule has 3 nitrogen and oxygen atoms in total. The summed E-state index contributed by atoms with van der Waals surface area (Å²) in [6.45, 7) is 0. The molecule has 10 aromatic rings.